The molecule has 0 aliphatic carbocycles. The highest BCUT2D eigenvalue weighted by Gasteiger charge is 2.19. The summed E-state index contributed by atoms with van der Waals surface area (Å²) in [5, 5.41) is 39.7. The van der Waals surface area contributed by atoms with Crippen LogP contribution in [0.25, 0.3) is 0 Å². The molecule has 0 spiro atoms. The molecule has 4 aromatic rings. The summed E-state index contributed by atoms with van der Waals surface area (Å²) in [5.74, 6) is -0.0706. The van der Waals surface area contributed by atoms with Crippen LogP contribution in [0.2, 0.25) is 0 Å². The van der Waals surface area contributed by atoms with Gasteiger partial charge in [0.15, 0.2) is 0 Å². The Morgan fingerprint density at radius 2 is 0.972 bits per heavy atom. The summed E-state index contributed by atoms with van der Waals surface area (Å²) in [6, 6.07) is 29.1. The average molecular weight is 493 g/mol. The Bertz CT molecular complexity index is 1370. The third-order valence-electron chi connectivity index (χ3n) is 6.10. The number of hydrogen-bond donors (Lipinski definition) is 2. The smallest absolute Gasteiger partial charge is 0.135 e. The van der Waals surface area contributed by atoms with E-state index in [2.05, 4.69) is 12.1 Å². The van der Waals surface area contributed by atoms with E-state index in [1.807, 2.05) is 24.3 Å². The van der Waals surface area contributed by atoms with Crippen molar-refractivity contribution in [1.82, 2.24) is 0 Å². The van der Waals surface area contributed by atoms with Crippen molar-refractivity contribution in [3.8, 4) is 23.6 Å². The summed E-state index contributed by atoms with van der Waals surface area (Å²) >= 11 is 0. The highest BCUT2D eigenvalue weighted by molar-refractivity contribution is 7.85. The van der Waals surface area contributed by atoms with Crippen molar-refractivity contribution in [2.75, 3.05) is 0 Å². The van der Waals surface area contributed by atoms with Crippen LogP contribution < -0.4 is 0 Å². The molecule has 4 rings (SSSR count). The minimum atomic E-state index is -1.77. The molecule has 0 unspecified atom stereocenters. The first-order chi connectivity index (χ1) is 17.5. The molecule has 6 heteroatoms. The lowest BCUT2D eigenvalue weighted by Crippen LogP contribution is -2.00. The van der Waals surface area contributed by atoms with Gasteiger partial charge < -0.3 is 10.2 Å². The number of aromatic hydroxyl groups is 2. The van der Waals surface area contributed by atoms with Crippen molar-refractivity contribution in [3.63, 3.8) is 0 Å². The predicted molar refractivity (Wildman–Crippen MR) is 138 cm³/mol. The van der Waals surface area contributed by atoms with Gasteiger partial charge in [0.25, 0.3) is 0 Å². The monoisotopic (exact) mass is 492 g/mol. The molecule has 0 fully saturated rings. The number of aryl methyl sites for hydroxylation is 4. The van der Waals surface area contributed by atoms with Crippen LogP contribution >= 0.6 is 0 Å². The third-order valence-corrected chi connectivity index (χ3v) is 7.55. The van der Waals surface area contributed by atoms with Crippen LogP contribution in [0.15, 0.2) is 94.7 Å². The summed E-state index contributed by atoms with van der Waals surface area (Å²) in [4.78, 5) is 0.513. The molecule has 0 aliphatic rings. The number of nitrogens with zero attached hydrogens (tertiary/aromatic N) is 2. The lowest BCUT2D eigenvalue weighted by Gasteiger charge is -2.13. The van der Waals surface area contributed by atoms with Crippen molar-refractivity contribution in [2.45, 2.75) is 35.5 Å². The molecule has 178 valence electrons. The second kappa shape index (κ2) is 11.4. The van der Waals surface area contributed by atoms with Gasteiger partial charge >= 0.3 is 0 Å². The summed E-state index contributed by atoms with van der Waals surface area (Å²) in [5.41, 5.74) is 4.60. The number of rotatable bonds is 8. The summed E-state index contributed by atoms with van der Waals surface area (Å²) in [6.07, 6.45) is 2.40. The zero-order valence-corrected chi connectivity index (χ0v) is 20.3. The van der Waals surface area contributed by atoms with Crippen LogP contribution in [-0.4, -0.2) is 14.4 Å². The lowest BCUT2D eigenvalue weighted by atomic mass is 10.0. The SMILES string of the molecule is N#Cc1ccc(CCc2cccc(S(=O)c3cccc(CCc4ccc(C#N)cc4)c3O)c2O)cc1. The Labute approximate surface area is 213 Å². The van der Waals surface area contributed by atoms with Crippen molar-refractivity contribution < 1.29 is 14.4 Å². The first-order valence-electron chi connectivity index (χ1n) is 11.5. The maximum atomic E-state index is 13.4. The van der Waals surface area contributed by atoms with Crippen LogP contribution in [0.4, 0.5) is 0 Å². The summed E-state index contributed by atoms with van der Waals surface area (Å²) < 4.78 is 13.4. The van der Waals surface area contributed by atoms with E-state index in [-0.39, 0.29) is 21.3 Å². The summed E-state index contributed by atoms with van der Waals surface area (Å²) in [6.45, 7) is 0. The van der Waals surface area contributed by atoms with Crippen molar-refractivity contribution in [2.24, 2.45) is 0 Å². The summed E-state index contributed by atoms with van der Waals surface area (Å²) in [7, 11) is -1.77. The van der Waals surface area contributed by atoms with E-state index in [9.17, 15) is 14.4 Å². The predicted octanol–water partition coefficient (Wildman–Crippen LogP) is 5.58. The Morgan fingerprint density at radius 3 is 1.33 bits per heavy atom. The number of nitriles is 2. The number of benzene rings is 4. The standard InChI is InChI=1S/C30H24N2O3S/c31-19-23-11-7-21(8-12-23)15-17-25-3-1-5-27(29(25)33)36(35)28-6-2-4-26(30(28)34)18-16-22-9-13-24(20-32)14-10-22/h1-14,33-34H,15-18H2. The molecule has 0 aromatic heterocycles. The van der Waals surface area contributed by atoms with E-state index < -0.39 is 10.8 Å². The Balaban J connectivity index is 1.50. The lowest BCUT2D eigenvalue weighted by molar-refractivity contribution is 0.450. The van der Waals surface area contributed by atoms with Gasteiger partial charge in [-0.25, -0.2) is 4.21 Å². The van der Waals surface area contributed by atoms with Gasteiger partial charge in [-0.15, -0.1) is 0 Å². The van der Waals surface area contributed by atoms with E-state index >= 15 is 0 Å². The molecule has 0 bridgehead atoms. The van der Waals surface area contributed by atoms with Gasteiger partial charge in [0.05, 0.1) is 43.9 Å². The minimum Gasteiger partial charge on any atom is -0.506 e. The third kappa shape index (κ3) is 5.63. The van der Waals surface area contributed by atoms with E-state index in [0.29, 0.717) is 47.9 Å². The fourth-order valence-corrected chi connectivity index (χ4v) is 5.26. The number of phenolic OH excluding ortho intramolecular Hbond substituents is 2. The molecule has 0 amide bonds. The average Bonchev–Trinajstić information content (AvgIpc) is 2.92. The molecular formula is C30H24N2O3S. The Morgan fingerprint density at radius 1 is 0.583 bits per heavy atom. The molecule has 4 aromatic carbocycles. The zero-order valence-electron chi connectivity index (χ0n) is 19.5. The van der Waals surface area contributed by atoms with E-state index in [0.717, 1.165) is 11.1 Å². The second-order valence-corrected chi connectivity index (χ2v) is 9.83. The molecule has 5 nitrogen and oxygen atoms in total. The van der Waals surface area contributed by atoms with Gasteiger partial charge in [-0.05, 0) is 84.3 Å². The molecule has 0 radical (unpaired) electrons. The molecule has 0 saturated heterocycles. The van der Waals surface area contributed by atoms with Gasteiger partial charge in [0.2, 0.25) is 0 Å². The number of para-hydroxylation sites is 2. The van der Waals surface area contributed by atoms with Crippen molar-refractivity contribution in [1.29, 1.82) is 10.5 Å². The molecule has 0 heterocycles. The molecule has 0 atom stereocenters. The first kappa shape index (κ1) is 24.7. The molecule has 36 heavy (non-hydrogen) atoms. The highest BCUT2D eigenvalue weighted by Crippen LogP contribution is 2.34. The van der Waals surface area contributed by atoms with Gasteiger partial charge in [-0.2, -0.15) is 10.5 Å². The first-order valence-corrected chi connectivity index (χ1v) is 12.7. The zero-order chi connectivity index (χ0) is 25.5. The van der Waals surface area contributed by atoms with Crippen LogP contribution in [0, 0.1) is 22.7 Å². The molecular weight excluding hydrogens is 468 g/mol. The topological polar surface area (TPSA) is 105 Å². The molecule has 0 saturated carbocycles. The van der Waals surface area contributed by atoms with Gasteiger partial charge in [-0.3, -0.25) is 0 Å². The Kier molecular flexibility index (Phi) is 7.80. The van der Waals surface area contributed by atoms with Crippen molar-refractivity contribution >= 4 is 10.8 Å². The normalized spacial score (nSPS) is 10.6. The van der Waals surface area contributed by atoms with Crippen LogP contribution in [0.5, 0.6) is 11.5 Å². The maximum absolute atomic E-state index is 13.4. The van der Waals surface area contributed by atoms with Crippen LogP contribution in [0.3, 0.4) is 0 Å². The van der Waals surface area contributed by atoms with E-state index in [4.69, 9.17) is 10.5 Å². The Hall–Kier alpha value is -4.39. The second-order valence-electron chi connectivity index (χ2n) is 8.41. The fraction of sp³-hybridized carbons (Fsp3) is 0.133. The fourth-order valence-electron chi connectivity index (χ4n) is 4.01. The van der Waals surface area contributed by atoms with Crippen molar-refractivity contribution in [3.05, 3.63) is 118 Å². The largest absolute Gasteiger partial charge is 0.506 e. The van der Waals surface area contributed by atoms with Crippen LogP contribution in [-0.2, 0) is 36.5 Å². The highest BCUT2D eigenvalue weighted by atomic mass is 32.2. The molecule has 2 N–H and O–H groups in total. The number of phenols is 2. The quantitative estimate of drug-likeness (QED) is 0.334. The van der Waals surface area contributed by atoms with Gasteiger partial charge in [0.1, 0.15) is 11.5 Å². The van der Waals surface area contributed by atoms with Gasteiger partial charge in [-0.1, -0.05) is 48.5 Å². The molecule has 0 aliphatic heterocycles. The number of hydrogen-bond acceptors (Lipinski definition) is 5. The maximum Gasteiger partial charge on any atom is 0.135 e. The van der Waals surface area contributed by atoms with E-state index in [1.54, 1.807) is 60.7 Å². The van der Waals surface area contributed by atoms with Crippen LogP contribution in [0.1, 0.15) is 33.4 Å². The van der Waals surface area contributed by atoms with E-state index in [1.165, 1.54) is 0 Å². The minimum absolute atomic E-state index is 0.0353. The van der Waals surface area contributed by atoms with Gasteiger partial charge in [0, 0.05) is 0 Å².